The lowest BCUT2D eigenvalue weighted by Gasteiger charge is -2.22. The van der Waals surface area contributed by atoms with Gasteiger partial charge in [0.25, 0.3) is 5.91 Å². The van der Waals surface area contributed by atoms with E-state index in [0.717, 1.165) is 26.4 Å². The van der Waals surface area contributed by atoms with Gasteiger partial charge < -0.3 is 20.1 Å². The van der Waals surface area contributed by atoms with E-state index < -0.39 is 42.6 Å². The molecule has 1 saturated heterocycles. The number of carbonyl (C=O) groups is 3. The number of methoxy groups -OCH3 is 1. The third-order valence-electron chi connectivity index (χ3n) is 5.76. The quantitative estimate of drug-likeness (QED) is 0.577. The first-order chi connectivity index (χ1) is 15.3. The molecular formula is C24H23FN2O5. The fourth-order valence-electron chi connectivity index (χ4n) is 4.22. The molecule has 1 aliphatic rings. The molecule has 32 heavy (non-hydrogen) atoms. The van der Waals surface area contributed by atoms with Crippen LogP contribution in [-0.2, 0) is 14.3 Å². The molecule has 0 unspecified atom stereocenters. The molecule has 1 heterocycles. The predicted molar refractivity (Wildman–Crippen MR) is 117 cm³/mol. The Morgan fingerprint density at radius 1 is 1.09 bits per heavy atom. The molecule has 1 fully saturated rings. The normalized spacial score (nSPS) is 20.6. The Morgan fingerprint density at radius 3 is 2.41 bits per heavy atom. The molecule has 0 bridgehead atoms. The molecule has 0 aliphatic carbocycles. The van der Waals surface area contributed by atoms with Crippen molar-refractivity contribution in [3.05, 3.63) is 60.2 Å². The van der Waals surface area contributed by atoms with Gasteiger partial charge in [0.05, 0.1) is 19.7 Å². The van der Waals surface area contributed by atoms with Gasteiger partial charge in [0.15, 0.2) is 5.67 Å². The maximum atomic E-state index is 14.8. The molecule has 0 spiro atoms. The molecule has 3 aromatic rings. The van der Waals surface area contributed by atoms with Gasteiger partial charge in [0, 0.05) is 19.1 Å². The van der Waals surface area contributed by atoms with E-state index in [0.29, 0.717) is 5.56 Å². The monoisotopic (exact) mass is 438 g/mol. The van der Waals surface area contributed by atoms with E-state index in [1.807, 2.05) is 42.5 Å². The third-order valence-corrected chi connectivity index (χ3v) is 5.76. The molecule has 1 aliphatic heterocycles. The number of carboxylic acid groups (broad SMARTS) is 1. The zero-order valence-corrected chi connectivity index (χ0v) is 17.5. The number of hydrogen-bond acceptors (Lipinski definition) is 4. The lowest BCUT2D eigenvalue weighted by atomic mass is 10.0. The van der Waals surface area contributed by atoms with Gasteiger partial charge in [-0.3, -0.25) is 9.59 Å². The highest BCUT2D eigenvalue weighted by molar-refractivity contribution is 6.03. The van der Waals surface area contributed by atoms with Crippen LogP contribution in [0.2, 0.25) is 0 Å². The number of amides is 2. The summed E-state index contributed by atoms with van der Waals surface area (Å²) in [6.45, 7) is -1.13. The summed E-state index contributed by atoms with van der Waals surface area (Å²) in [7, 11) is 1.31. The van der Waals surface area contributed by atoms with E-state index in [1.54, 1.807) is 12.1 Å². The fraction of sp³-hybridized carbons (Fsp3) is 0.292. The summed E-state index contributed by atoms with van der Waals surface area (Å²) in [5.41, 5.74) is -1.56. The summed E-state index contributed by atoms with van der Waals surface area (Å²) in [4.78, 5) is 37.7. The van der Waals surface area contributed by atoms with Gasteiger partial charge in [-0.15, -0.1) is 0 Å². The summed E-state index contributed by atoms with van der Waals surface area (Å²) in [5.74, 6) is -2.42. The van der Waals surface area contributed by atoms with Crippen LogP contribution in [0.4, 0.5) is 4.39 Å². The second-order valence-corrected chi connectivity index (χ2v) is 8.11. The Bertz CT molecular complexity index is 1210. The number of carboxylic acids is 1. The second kappa shape index (κ2) is 8.55. The number of likely N-dealkylation sites (tertiary alicyclic amines) is 1. The molecule has 8 heteroatoms. The summed E-state index contributed by atoms with van der Waals surface area (Å²) < 4.78 is 19.6. The van der Waals surface area contributed by atoms with E-state index in [1.165, 1.54) is 7.11 Å². The summed E-state index contributed by atoms with van der Waals surface area (Å²) in [6.07, 6.45) is -0.353. The van der Waals surface area contributed by atoms with Crippen molar-refractivity contribution in [3.63, 3.8) is 0 Å². The van der Waals surface area contributed by atoms with Gasteiger partial charge in [0.1, 0.15) is 6.04 Å². The Labute approximate surface area is 183 Å². The number of fused-ring (bicyclic) bond motifs is 2. The lowest BCUT2D eigenvalue weighted by Crippen LogP contribution is -2.46. The molecule has 166 valence electrons. The largest absolute Gasteiger partial charge is 0.480 e. The Kier molecular flexibility index (Phi) is 5.80. The molecule has 0 aromatic heterocycles. The van der Waals surface area contributed by atoms with Crippen LogP contribution in [0.5, 0.6) is 0 Å². The number of rotatable bonds is 6. The highest BCUT2D eigenvalue weighted by Gasteiger charge is 2.49. The van der Waals surface area contributed by atoms with Gasteiger partial charge in [-0.05, 0) is 45.8 Å². The average molecular weight is 438 g/mol. The standard InChI is InChI=1S/C24H23FN2O5/c1-32-14-24(25)11-20(23(30)31)27(13-24)21(28)12-26-22(29)18-7-6-17-8-15-4-2-3-5-16(15)9-19(17)10-18/h2-10,20H,11-14H2,1H3,(H,26,29)(H,30,31)/t20-,24+/m0/s1. The topological polar surface area (TPSA) is 95.9 Å². The van der Waals surface area contributed by atoms with Crippen molar-refractivity contribution >= 4 is 39.3 Å². The highest BCUT2D eigenvalue weighted by Crippen LogP contribution is 2.31. The number of aliphatic carboxylic acids is 1. The van der Waals surface area contributed by atoms with Crippen molar-refractivity contribution in [1.29, 1.82) is 0 Å². The van der Waals surface area contributed by atoms with Gasteiger partial charge in [-0.25, -0.2) is 9.18 Å². The van der Waals surface area contributed by atoms with Crippen LogP contribution in [0.1, 0.15) is 16.8 Å². The van der Waals surface area contributed by atoms with Crippen molar-refractivity contribution in [1.82, 2.24) is 10.2 Å². The van der Waals surface area contributed by atoms with Gasteiger partial charge in [-0.1, -0.05) is 30.3 Å². The van der Waals surface area contributed by atoms with Crippen LogP contribution in [0, 0.1) is 0 Å². The van der Waals surface area contributed by atoms with E-state index in [4.69, 9.17) is 4.74 Å². The molecule has 2 N–H and O–H groups in total. The van der Waals surface area contributed by atoms with Crippen LogP contribution < -0.4 is 5.32 Å². The Morgan fingerprint density at radius 2 is 1.75 bits per heavy atom. The maximum absolute atomic E-state index is 14.8. The van der Waals surface area contributed by atoms with E-state index in [-0.39, 0.29) is 13.0 Å². The molecular weight excluding hydrogens is 415 g/mol. The first kappa shape index (κ1) is 21.7. The number of halogens is 1. The molecule has 0 saturated carbocycles. The Balaban J connectivity index is 1.46. The van der Waals surface area contributed by atoms with E-state index in [9.17, 15) is 23.9 Å². The summed E-state index contributed by atoms with van der Waals surface area (Å²) in [6, 6.07) is 15.9. The number of carbonyl (C=O) groups excluding carboxylic acids is 2. The Hall–Kier alpha value is -3.52. The van der Waals surface area contributed by atoms with Crippen molar-refractivity contribution in [2.75, 3.05) is 26.8 Å². The zero-order chi connectivity index (χ0) is 22.9. The fourth-order valence-corrected chi connectivity index (χ4v) is 4.22. The number of ether oxygens (including phenoxy) is 1. The van der Waals surface area contributed by atoms with Gasteiger partial charge >= 0.3 is 5.97 Å². The average Bonchev–Trinajstić information content (AvgIpc) is 3.13. The zero-order valence-electron chi connectivity index (χ0n) is 17.5. The minimum absolute atomic E-state index is 0.307. The van der Waals surface area contributed by atoms with E-state index >= 15 is 0 Å². The second-order valence-electron chi connectivity index (χ2n) is 8.11. The van der Waals surface area contributed by atoms with Crippen LogP contribution in [0.25, 0.3) is 21.5 Å². The minimum Gasteiger partial charge on any atom is -0.480 e. The van der Waals surface area contributed by atoms with Crippen LogP contribution in [0.15, 0.2) is 54.6 Å². The van der Waals surface area contributed by atoms with Crippen molar-refractivity contribution < 1.29 is 28.6 Å². The molecule has 2 amide bonds. The number of nitrogens with zero attached hydrogens (tertiary/aromatic N) is 1. The molecule has 7 nitrogen and oxygen atoms in total. The number of nitrogens with one attached hydrogen (secondary N) is 1. The van der Waals surface area contributed by atoms with Crippen molar-refractivity contribution in [2.45, 2.75) is 18.1 Å². The van der Waals surface area contributed by atoms with Crippen LogP contribution >= 0.6 is 0 Å². The SMILES string of the molecule is COC[C@@]1(F)C[C@@H](C(=O)O)N(C(=O)CNC(=O)c2ccc3cc4ccccc4cc3c2)C1. The predicted octanol–water partition coefficient (Wildman–Crippen LogP) is 2.76. The van der Waals surface area contributed by atoms with Crippen molar-refractivity contribution in [2.24, 2.45) is 0 Å². The van der Waals surface area contributed by atoms with E-state index in [2.05, 4.69) is 5.32 Å². The number of hydrogen-bond donors (Lipinski definition) is 2. The minimum atomic E-state index is -1.93. The molecule has 4 rings (SSSR count). The summed E-state index contributed by atoms with van der Waals surface area (Å²) in [5, 5.41) is 15.9. The third kappa shape index (κ3) is 4.27. The van der Waals surface area contributed by atoms with Gasteiger partial charge in [-0.2, -0.15) is 0 Å². The molecule has 0 radical (unpaired) electrons. The highest BCUT2D eigenvalue weighted by atomic mass is 19.1. The van der Waals surface area contributed by atoms with Crippen LogP contribution in [0.3, 0.4) is 0 Å². The lowest BCUT2D eigenvalue weighted by molar-refractivity contribution is -0.147. The summed E-state index contributed by atoms with van der Waals surface area (Å²) >= 11 is 0. The maximum Gasteiger partial charge on any atom is 0.326 e. The number of alkyl halides is 1. The smallest absolute Gasteiger partial charge is 0.326 e. The van der Waals surface area contributed by atoms with Crippen molar-refractivity contribution in [3.8, 4) is 0 Å². The first-order valence-electron chi connectivity index (χ1n) is 10.2. The van der Waals surface area contributed by atoms with Gasteiger partial charge in [0.2, 0.25) is 5.91 Å². The molecule has 2 atom stereocenters. The first-order valence-corrected chi connectivity index (χ1v) is 10.2. The van der Waals surface area contributed by atoms with Crippen LogP contribution in [-0.4, -0.2) is 66.3 Å². The number of benzene rings is 3. The molecule has 3 aromatic carbocycles.